The third-order valence-electron chi connectivity index (χ3n) is 12.2. The second-order valence-corrected chi connectivity index (χ2v) is 24.5. The molecule has 3 amide bonds. The summed E-state index contributed by atoms with van der Waals surface area (Å²) in [5.41, 5.74) is 1.36. The van der Waals surface area contributed by atoms with Crippen LogP contribution in [0.4, 0.5) is 0 Å². The molecule has 1 saturated carbocycles. The van der Waals surface area contributed by atoms with Gasteiger partial charge in [-0.3, -0.25) is 28.5 Å². The van der Waals surface area contributed by atoms with Gasteiger partial charge in [-0.15, -0.1) is 0 Å². The minimum absolute atomic E-state index is 0.0685. The number of nitrogens with zero attached hydrogens (tertiary/aromatic N) is 2. The largest absolute Gasteiger partial charge is 0.513 e. The van der Waals surface area contributed by atoms with E-state index in [1.54, 1.807) is 40.2 Å². The summed E-state index contributed by atoms with van der Waals surface area (Å²) in [5.74, 6) is -5.25. The van der Waals surface area contributed by atoms with Gasteiger partial charge in [0.1, 0.15) is 6.04 Å². The number of unbranched alkanes of at least 4 members (excludes halogenated alkanes) is 5. The molecule has 1 aliphatic carbocycles. The van der Waals surface area contributed by atoms with Crippen LogP contribution in [0.5, 0.6) is 0 Å². The molecule has 0 saturated heterocycles. The molecular formula is C49H80N5O11P3+2. The number of rotatable bonds is 33. The topological polar surface area (TPSA) is 218 Å². The van der Waals surface area contributed by atoms with E-state index in [-0.39, 0.29) is 43.0 Å². The number of nitrogens with one attached hydrogen (secondary N) is 3. The molecule has 2 aromatic rings. The van der Waals surface area contributed by atoms with E-state index >= 15 is 0 Å². The molecule has 0 spiro atoms. The Bertz CT molecular complexity index is 1980. The predicted octanol–water partition coefficient (Wildman–Crippen LogP) is 9.53. The van der Waals surface area contributed by atoms with Gasteiger partial charge in [-0.25, -0.2) is 4.98 Å². The quantitative estimate of drug-likeness (QED) is 0.0450. The first-order valence-electron chi connectivity index (χ1n) is 24.4. The van der Waals surface area contributed by atoms with Crippen LogP contribution in [0.3, 0.4) is 0 Å². The number of ketones is 2. The number of hydrogen-bond acceptors (Lipinski definition) is 12. The van der Waals surface area contributed by atoms with Gasteiger partial charge in [0.15, 0.2) is 24.9 Å². The molecule has 16 nitrogen and oxygen atoms in total. The number of carbonyl (C=O) groups excluding carboxylic acids is 5. The molecule has 380 valence electrons. The number of imidazole rings is 1. The van der Waals surface area contributed by atoms with Crippen molar-refractivity contribution in [2.45, 2.75) is 162 Å². The summed E-state index contributed by atoms with van der Waals surface area (Å²) < 4.78 is 55.9. The first kappa shape index (κ1) is 58.8. The molecule has 1 aromatic heterocycles. The lowest BCUT2D eigenvalue weighted by Crippen LogP contribution is -2.50. The van der Waals surface area contributed by atoms with E-state index in [1.807, 2.05) is 24.5 Å². The zero-order valence-corrected chi connectivity index (χ0v) is 44.7. The predicted molar refractivity (Wildman–Crippen MR) is 266 cm³/mol. The number of ether oxygens (including phenoxy) is 1. The van der Waals surface area contributed by atoms with Crippen LogP contribution < -0.4 is 16.0 Å². The van der Waals surface area contributed by atoms with E-state index in [4.69, 9.17) is 13.4 Å². The molecule has 0 radical (unpaired) electrons. The highest BCUT2D eigenvalue weighted by atomic mass is 31.3. The van der Waals surface area contributed by atoms with Gasteiger partial charge in [0.25, 0.3) is 0 Å². The fourth-order valence-electron chi connectivity index (χ4n) is 8.64. The van der Waals surface area contributed by atoms with Gasteiger partial charge in [-0.1, -0.05) is 98.2 Å². The molecule has 2 unspecified atom stereocenters. The monoisotopic (exact) mass is 1010 g/mol. The Morgan fingerprint density at radius 2 is 1.44 bits per heavy atom. The van der Waals surface area contributed by atoms with Crippen molar-refractivity contribution in [1.82, 2.24) is 25.5 Å². The number of benzene rings is 1. The van der Waals surface area contributed by atoms with E-state index in [0.717, 1.165) is 76.3 Å². The molecule has 3 N–H and O–H groups in total. The Morgan fingerprint density at radius 1 is 0.838 bits per heavy atom. The first-order chi connectivity index (χ1) is 32.1. The van der Waals surface area contributed by atoms with Crippen LogP contribution in [-0.2, 0) is 70.4 Å². The van der Waals surface area contributed by atoms with E-state index in [1.165, 1.54) is 25.9 Å². The minimum Gasteiger partial charge on any atom is -0.373 e. The van der Waals surface area contributed by atoms with Crippen LogP contribution in [0.25, 0.3) is 0 Å². The normalized spacial score (nSPS) is 16.8. The number of carbonyl (C=O) groups is 5. The lowest BCUT2D eigenvalue weighted by molar-refractivity contribution is -0.137. The summed E-state index contributed by atoms with van der Waals surface area (Å²) in [6, 6.07) is 8.40. The van der Waals surface area contributed by atoms with Crippen molar-refractivity contribution in [3.8, 4) is 0 Å². The van der Waals surface area contributed by atoms with Crippen LogP contribution in [0.2, 0.25) is 0 Å². The average Bonchev–Trinajstić information content (AvgIpc) is 3.96. The number of Topliss-reactive ketones (excluding diaryl/α,β-unsaturated/α-hetero) is 2. The molecule has 68 heavy (non-hydrogen) atoms. The maximum absolute atomic E-state index is 14.7. The molecule has 1 heterocycles. The van der Waals surface area contributed by atoms with Gasteiger partial charge in [0.05, 0.1) is 36.7 Å². The molecule has 0 bridgehead atoms. The van der Waals surface area contributed by atoms with Crippen LogP contribution in [-0.4, -0.2) is 89.7 Å². The minimum atomic E-state index is -4.25. The zero-order valence-electron chi connectivity index (χ0n) is 42.0. The van der Waals surface area contributed by atoms with Crippen molar-refractivity contribution >= 4 is 52.9 Å². The second-order valence-electron chi connectivity index (χ2n) is 19.9. The Morgan fingerprint density at radius 3 is 2.03 bits per heavy atom. The second kappa shape index (κ2) is 29.6. The molecule has 19 heteroatoms. The van der Waals surface area contributed by atoms with Crippen LogP contribution in [0.1, 0.15) is 136 Å². The lowest BCUT2D eigenvalue weighted by Gasteiger charge is -2.29. The molecule has 7 atom stereocenters. The van der Waals surface area contributed by atoms with Gasteiger partial charge < -0.3 is 25.3 Å². The summed E-state index contributed by atoms with van der Waals surface area (Å²) in [6.45, 7) is 13.6. The van der Waals surface area contributed by atoms with Gasteiger partial charge in [0, 0.05) is 56.6 Å². The van der Waals surface area contributed by atoms with Gasteiger partial charge in [-0.05, 0) is 85.8 Å². The van der Waals surface area contributed by atoms with E-state index in [2.05, 4.69) is 45.2 Å². The highest BCUT2D eigenvalue weighted by Crippen LogP contribution is 2.61. The van der Waals surface area contributed by atoms with Gasteiger partial charge >= 0.3 is 23.7 Å². The Kier molecular flexibility index (Phi) is 25.6. The molecule has 1 fully saturated rings. The molecule has 1 aromatic carbocycles. The maximum atomic E-state index is 14.7. The third-order valence-corrected chi connectivity index (χ3v) is 17.1. The van der Waals surface area contributed by atoms with E-state index in [0.29, 0.717) is 13.0 Å². The summed E-state index contributed by atoms with van der Waals surface area (Å²) in [4.78, 5) is 74.7. The third kappa shape index (κ3) is 22.1. The molecule has 3 rings (SSSR count). The zero-order chi connectivity index (χ0) is 50.4. The maximum Gasteiger partial charge on any atom is 0.513 e. The van der Waals surface area contributed by atoms with Crippen molar-refractivity contribution in [3.63, 3.8) is 0 Å². The van der Waals surface area contributed by atoms with Gasteiger partial charge in [-0.2, -0.15) is 0 Å². The fourth-order valence-corrected chi connectivity index (χ4v) is 13.3. The van der Waals surface area contributed by atoms with Crippen molar-refractivity contribution in [2.75, 3.05) is 33.1 Å². The number of amides is 3. The fraction of sp³-hybridized carbons (Fsp3) is 0.714. The van der Waals surface area contributed by atoms with Crippen LogP contribution in [0, 0.1) is 29.6 Å². The van der Waals surface area contributed by atoms with E-state index < -0.39 is 89.3 Å². The molecule has 1 aliphatic rings. The Hall–Kier alpha value is -3.51. The molecule has 0 aliphatic heterocycles. The first-order valence-corrected chi connectivity index (χ1v) is 29.4. The van der Waals surface area contributed by atoms with Crippen molar-refractivity contribution in [3.05, 3.63) is 54.1 Å². The summed E-state index contributed by atoms with van der Waals surface area (Å²) >= 11 is 0. The lowest BCUT2D eigenvalue weighted by atomic mass is 9.87. The SMILES string of the molecule is CNC(=O)[C@@H](CC(=O)[C@H](COC(C)(C)C)NC(=O)[C@@H](CC(=O)[C@H](CC(C)C)NC(=O)C1CCCC1)Cc1cncn1CCCCCCCCc1ccccc1)[C@@H](C)CP(=O)(O[P+](C)=O)O[P+](C)=O. The summed E-state index contributed by atoms with van der Waals surface area (Å²) in [5, 5.41) is 8.45. The van der Waals surface area contributed by atoms with E-state index in [9.17, 15) is 37.7 Å². The summed E-state index contributed by atoms with van der Waals surface area (Å²) in [7, 11) is -7.77. The van der Waals surface area contributed by atoms with Crippen molar-refractivity contribution in [2.24, 2.45) is 29.6 Å². The van der Waals surface area contributed by atoms with Crippen molar-refractivity contribution in [1.29, 1.82) is 0 Å². The Balaban J connectivity index is 1.88. The van der Waals surface area contributed by atoms with Crippen LogP contribution in [0.15, 0.2) is 42.9 Å². The van der Waals surface area contributed by atoms with Gasteiger partial charge in [0.2, 0.25) is 17.7 Å². The smallest absolute Gasteiger partial charge is 0.373 e. The van der Waals surface area contributed by atoms with Crippen molar-refractivity contribution < 1.29 is 51.0 Å². The highest BCUT2D eigenvalue weighted by molar-refractivity contribution is 7.66. The number of hydrogen-bond donors (Lipinski definition) is 3. The summed E-state index contributed by atoms with van der Waals surface area (Å²) in [6.07, 6.45) is 13.8. The standard InChI is InChI=1S/C49H78N5O11P3/c1-35(2)27-42(52-46(57)38-24-18-19-25-38)44(55)29-39(28-40-31-51-34-54(40)26-20-13-11-10-12-15-21-37-22-16-14-17-23-37)47(58)53-43(32-63-49(4,5)6)45(56)30-41(48(59)50-7)36(3)33-68(62,64-66(8)60)65-67(9)61/h14,16-17,22-23,31,34-36,38-39,41-43H,10-13,15,18-21,24-30,32-33H2,1-9H3,(H-2,50,52,53,57,58,59)/p+2/t36-,39+,41-,42-,43-/m0/s1. The number of aryl methyl sites for hydroxylation is 2. The van der Waals surface area contributed by atoms with Crippen LogP contribution >= 0.6 is 23.7 Å². The molecular weight excluding hydrogens is 927 g/mol. The Labute approximate surface area is 407 Å². The highest BCUT2D eigenvalue weighted by Gasteiger charge is 2.45. The average molecular weight is 1010 g/mol. The number of aromatic nitrogens is 2.